The van der Waals surface area contributed by atoms with Gasteiger partial charge < -0.3 is 16.0 Å². The monoisotopic (exact) mass is 406 g/mol. The van der Waals surface area contributed by atoms with Crippen LogP contribution in [0.3, 0.4) is 0 Å². The number of hydrogen-bond donors (Lipinski definition) is 3. The van der Waals surface area contributed by atoms with Crippen LogP contribution in [0.4, 0.5) is 10.5 Å². The van der Waals surface area contributed by atoms with E-state index in [0.717, 1.165) is 29.6 Å². The van der Waals surface area contributed by atoms with Crippen LogP contribution in [-0.4, -0.2) is 39.5 Å². The minimum Gasteiger partial charge on any atom is -0.349 e. The molecule has 1 aromatic heterocycles. The number of carbonyl (C=O) groups excluding carboxylic acids is 2. The lowest BCUT2D eigenvalue weighted by Gasteiger charge is -2.12. The van der Waals surface area contributed by atoms with Crippen molar-refractivity contribution in [3.63, 3.8) is 0 Å². The molecular formula is C22H26N6O2. The zero-order valence-electron chi connectivity index (χ0n) is 17.0. The normalized spacial score (nSPS) is 14.0. The van der Waals surface area contributed by atoms with Crippen molar-refractivity contribution < 1.29 is 9.59 Å². The van der Waals surface area contributed by atoms with Gasteiger partial charge in [-0.05, 0) is 49.6 Å². The van der Waals surface area contributed by atoms with E-state index in [-0.39, 0.29) is 18.0 Å². The molecular weight excluding hydrogens is 380 g/mol. The Hall–Kier alpha value is -3.42. The summed E-state index contributed by atoms with van der Waals surface area (Å²) in [5, 5.41) is 17.1. The minimum atomic E-state index is -0.264. The Bertz CT molecular complexity index is 1050. The number of urea groups is 1. The van der Waals surface area contributed by atoms with Gasteiger partial charge >= 0.3 is 6.03 Å². The second-order valence-electron chi connectivity index (χ2n) is 7.67. The predicted molar refractivity (Wildman–Crippen MR) is 115 cm³/mol. The van der Waals surface area contributed by atoms with Crippen molar-refractivity contribution in [2.75, 3.05) is 11.9 Å². The second-order valence-corrected chi connectivity index (χ2v) is 7.67. The maximum absolute atomic E-state index is 12.5. The Morgan fingerprint density at radius 3 is 2.73 bits per heavy atom. The van der Waals surface area contributed by atoms with Crippen LogP contribution in [0.5, 0.6) is 0 Å². The summed E-state index contributed by atoms with van der Waals surface area (Å²) in [6, 6.07) is 13.0. The van der Waals surface area contributed by atoms with E-state index in [2.05, 4.69) is 26.3 Å². The van der Waals surface area contributed by atoms with E-state index >= 15 is 0 Å². The molecule has 4 rings (SSSR count). The van der Waals surface area contributed by atoms with Crippen LogP contribution in [0.15, 0.2) is 42.5 Å². The van der Waals surface area contributed by atoms with Crippen molar-refractivity contribution in [2.45, 2.75) is 45.2 Å². The van der Waals surface area contributed by atoms with Crippen LogP contribution < -0.4 is 16.0 Å². The molecule has 156 valence electrons. The maximum atomic E-state index is 12.5. The number of aromatic nitrogens is 3. The van der Waals surface area contributed by atoms with E-state index in [1.54, 1.807) is 16.8 Å². The summed E-state index contributed by atoms with van der Waals surface area (Å²) < 4.78 is 1.72. The number of rotatable bonds is 6. The fraction of sp³-hybridized carbons (Fsp3) is 0.364. The highest BCUT2D eigenvalue weighted by atomic mass is 16.2. The molecule has 1 aliphatic carbocycles. The molecule has 0 radical (unpaired) electrons. The standard InChI is InChI=1S/C22H26N6O2/c1-15-6-2-5-9-18(15)25-22(30)23-12-13-28-20-11-10-16(14-19(20)26-27-28)21(29)24-17-7-3-4-8-17/h2,5-6,9-11,14,17H,3-4,7-8,12-13H2,1H3,(H,24,29)(H2,23,25,30). The lowest BCUT2D eigenvalue weighted by atomic mass is 10.1. The third-order valence-electron chi connectivity index (χ3n) is 5.47. The number of amides is 3. The number of aryl methyl sites for hydroxylation is 1. The van der Waals surface area contributed by atoms with Crippen molar-refractivity contribution in [1.29, 1.82) is 0 Å². The second kappa shape index (κ2) is 8.94. The molecule has 8 heteroatoms. The molecule has 0 atom stereocenters. The number of carbonyl (C=O) groups is 2. The molecule has 0 bridgehead atoms. The van der Waals surface area contributed by atoms with Gasteiger partial charge in [0.25, 0.3) is 5.91 Å². The van der Waals surface area contributed by atoms with Gasteiger partial charge in [-0.15, -0.1) is 5.10 Å². The smallest absolute Gasteiger partial charge is 0.319 e. The fourth-order valence-corrected chi connectivity index (χ4v) is 3.77. The van der Waals surface area contributed by atoms with Crippen LogP contribution in [0, 0.1) is 6.92 Å². The highest BCUT2D eigenvalue weighted by Gasteiger charge is 2.18. The van der Waals surface area contributed by atoms with Crippen LogP contribution in [0.2, 0.25) is 0 Å². The molecule has 30 heavy (non-hydrogen) atoms. The molecule has 1 heterocycles. The van der Waals surface area contributed by atoms with Gasteiger partial charge in [0.15, 0.2) is 0 Å². The molecule has 3 N–H and O–H groups in total. The largest absolute Gasteiger partial charge is 0.349 e. The Morgan fingerprint density at radius 2 is 1.93 bits per heavy atom. The first-order valence-corrected chi connectivity index (χ1v) is 10.3. The quantitative estimate of drug-likeness (QED) is 0.585. The van der Waals surface area contributed by atoms with Gasteiger partial charge in [-0.2, -0.15) is 0 Å². The Kier molecular flexibility index (Phi) is 5.92. The van der Waals surface area contributed by atoms with E-state index in [4.69, 9.17) is 0 Å². The number of benzene rings is 2. The number of nitrogens with one attached hydrogen (secondary N) is 3. The number of hydrogen-bond acceptors (Lipinski definition) is 4. The number of fused-ring (bicyclic) bond motifs is 1. The van der Waals surface area contributed by atoms with Gasteiger partial charge in [-0.3, -0.25) is 4.79 Å². The summed E-state index contributed by atoms with van der Waals surface area (Å²) in [6.45, 7) is 2.82. The van der Waals surface area contributed by atoms with Gasteiger partial charge in [0.1, 0.15) is 5.52 Å². The lowest BCUT2D eigenvalue weighted by molar-refractivity contribution is 0.0938. The summed E-state index contributed by atoms with van der Waals surface area (Å²) in [6.07, 6.45) is 4.45. The summed E-state index contributed by atoms with van der Waals surface area (Å²) in [5.41, 5.74) is 3.87. The molecule has 0 aliphatic heterocycles. The maximum Gasteiger partial charge on any atom is 0.319 e. The van der Waals surface area contributed by atoms with Gasteiger partial charge in [0, 0.05) is 23.8 Å². The zero-order chi connectivity index (χ0) is 20.9. The van der Waals surface area contributed by atoms with Crippen LogP contribution in [0.25, 0.3) is 11.0 Å². The Balaban J connectivity index is 1.33. The zero-order valence-corrected chi connectivity index (χ0v) is 17.0. The molecule has 3 aromatic rings. The van der Waals surface area contributed by atoms with Crippen LogP contribution in [0.1, 0.15) is 41.6 Å². The summed E-state index contributed by atoms with van der Waals surface area (Å²) >= 11 is 0. The third-order valence-corrected chi connectivity index (χ3v) is 5.47. The van der Waals surface area contributed by atoms with Crippen molar-refractivity contribution >= 4 is 28.7 Å². The van der Waals surface area contributed by atoms with Crippen molar-refractivity contribution in [3.8, 4) is 0 Å². The summed E-state index contributed by atoms with van der Waals surface area (Å²) in [5.74, 6) is -0.0621. The first kappa shape index (κ1) is 19.9. The molecule has 1 saturated carbocycles. The molecule has 0 spiro atoms. The third kappa shape index (κ3) is 4.59. The van der Waals surface area contributed by atoms with Gasteiger partial charge in [0.2, 0.25) is 0 Å². The molecule has 0 saturated heterocycles. The van der Waals surface area contributed by atoms with Gasteiger partial charge in [-0.1, -0.05) is 36.3 Å². The highest BCUT2D eigenvalue weighted by Crippen LogP contribution is 2.19. The average molecular weight is 406 g/mol. The Labute approximate surface area is 175 Å². The van der Waals surface area contributed by atoms with E-state index in [0.29, 0.717) is 24.2 Å². The summed E-state index contributed by atoms with van der Waals surface area (Å²) in [7, 11) is 0. The SMILES string of the molecule is Cc1ccccc1NC(=O)NCCn1nnc2cc(C(=O)NC3CCCC3)ccc21. The number of para-hydroxylation sites is 1. The molecule has 8 nitrogen and oxygen atoms in total. The number of anilines is 1. The van der Waals surface area contributed by atoms with E-state index < -0.39 is 0 Å². The first-order chi connectivity index (χ1) is 14.6. The van der Waals surface area contributed by atoms with Gasteiger partial charge in [0.05, 0.1) is 12.1 Å². The van der Waals surface area contributed by atoms with Crippen molar-refractivity contribution in [3.05, 3.63) is 53.6 Å². The summed E-state index contributed by atoms with van der Waals surface area (Å²) in [4.78, 5) is 24.6. The van der Waals surface area contributed by atoms with Crippen molar-refractivity contribution in [2.24, 2.45) is 0 Å². The van der Waals surface area contributed by atoms with Gasteiger partial charge in [-0.25, -0.2) is 9.48 Å². The average Bonchev–Trinajstić information content (AvgIpc) is 3.39. The molecule has 0 unspecified atom stereocenters. The first-order valence-electron chi connectivity index (χ1n) is 10.3. The van der Waals surface area contributed by atoms with E-state index in [1.165, 1.54) is 12.8 Å². The lowest BCUT2D eigenvalue weighted by Crippen LogP contribution is -2.32. The molecule has 1 aliphatic rings. The fourth-order valence-electron chi connectivity index (χ4n) is 3.77. The minimum absolute atomic E-state index is 0.0621. The van der Waals surface area contributed by atoms with Crippen LogP contribution in [-0.2, 0) is 6.54 Å². The van der Waals surface area contributed by atoms with Crippen LogP contribution >= 0.6 is 0 Å². The van der Waals surface area contributed by atoms with E-state index in [9.17, 15) is 9.59 Å². The molecule has 1 fully saturated rings. The number of nitrogens with zero attached hydrogens (tertiary/aromatic N) is 3. The predicted octanol–water partition coefficient (Wildman–Crippen LogP) is 3.23. The molecule has 2 aromatic carbocycles. The highest BCUT2D eigenvalue weighted by molar-refractivity contribution is 5.97. The van der Waals surface area contributed by atoms with E-state index in [1.807, 2.05) is 37.3 Å². The van der Waals surface area contributed by atoms with Crippen molar-refractivity contribution in [1.82, 2.24) is 25.6 Å². The molecule has 3 amide bonds. The Morgan fingerprint density at radius 1 is 1.13 bits per heavy atom. The topological polar surface area (TPSA) is 101 Å².